The van der Waals surface area contributed by atoms with Gasteiger partial charge in [-0.1, -0.05) is 35.0 Å². The van der Waals surface area contributed by atoms with Crippen LogP contribution in [0.15, 0.2) is 48.8 Å². The van der Waals surface area contributed by atoms with Crippen LogP contribution >= 0.6 is 11.6 Å². The van der Waals surface area contributed by atoms with Crippen LogP contribution in [0.3, 0.4) is 0 Å². The fourth-order valence-electron chi connectivity index (χ4n) is 2.18. The molecule has 0 fully saturated rings. The Kier molecular flexibility index (Phi) is 3.94. The normalized spacial score (nSPS) is 10.8. The van der Waals surface area contributed by atoms with Crippen LogP contribution in [0.1, 0.15) is 11.3 Å². The van der Waals surface area contributed by atoms with E-state index in [1.54, 1.807) is 17.1 Å². The van der Waals surface area contributed by atoms with E-state index in [2.05, 4.69) is 15.3 Å². The number of halogens is 1. The Morgan fingerprint density at radius 2 is 1.86 bits per heavy atom. The van der Waals surface area contributed by atoms with Crippen molar-refractivity contribution in [2.45, 2.75) is 13.2 Å². The number of rotatable bonds is 4. The fourth-order valence-corrected chi connectivity index (χ4v) is 2.38. The maximum atomic E-state index is 9.46. The van der Waals surface area contributed by atoms with Crippen molar-refractivity contribution >= 4 is 11.6 Å². The lowest BCUT2D eigenvalue weighted by atomic mass is 10.1. The third-order valence-electron chi connectivity index (χ3n) is 3.19. The van der Waals surface area contributed by atoms with Gasteiger partial charge >= 0.3 is 0 Å². The molecule has 3 rings (SSSR count). The van der Waals surface area contributed by atoms with Gasteiger partial charge in [-0.25, -0.2) is 4.68 Å². The zero-order chi connectivity index (χ0) is 14.7. The molecule has 0 radical (unpaired) electrons. The average Bonchev–Trinajstić information content (AvgIpc) is 2.93. The highest BCUT2D eigenvalue weighted by Gasteiger charge is 2.15. The maximum absolute atomic E-state index is 9.46. The molecule has 0 unspecified atom stereocenters. The predicted molar refractivity (Wildman–Crippen MR) is 79.7 cm³/mol. The molecule has 0 aliphatic carbocycles. The van der Waals surface area contributed by atoms with E-state index in [9.17, 15) is 5.11 Å². The van der Waals surface area contributed by atoms with Gasteiger partial charge in [-0.05, 0) is 23.8 Å². The molecule has 0 spiro atoms. The molecule has 0 amide bonds. The predicted octanol–water partition coefficient (Wildman–Crippen LogP) is 2.53. The summed E-state index contributed by atoms with van der Waals surface area (Å²) >= 11 is 6.19. The number of hydrogen-bond acceptors (Lipinski definition) is 4. The van der Waals surface area contributed by atoms with Crippen LogP contribution in [0, 0.1) is 0 Å². The SMILES string of the molecule is OCc1nnn(Cc2ccccc2Cl)c1-c1ccncc1. The zero-order valence-corrected chi connectivity index (χ0v) is 11.9. The van der Waals surface area contributed by atoms with Crippen LogP contribution in [0.5, 0.6) is 0 Å². The number of aliphatic hydroxyl groups is 1. The van der Waals surface area contributed by atoms with E-state index in [0.29, 0.717) is 17.3 Å². The highest BCUT2D eigenvalue weighted by atomic mass is 35.5. The van der Waals surface area contributed by atoms with E-state index >= 15 is 0 Å². The highest BCUT2D eigenvalue weighted by molar-refractivity contribution is 6.31. The number of nitrogens with zero attached hydrogens (tertiary/aromatic N) is 4. The molecular formula is C15H13ClN4O. The molecule has 0 bridgehead atoms. The van der Waals surface area contributed by atoms with E-state index in [1.165, 1.54) is 0 Å². The Morgan fingerprint density at radius 1 is 1.10 bits per heavy atom. The third kappa shape index (κ3) is 2.79. The molecule has 0 aliphatic rings. The summed E-state index contributed by atoms with van der Waals surface area (Å²) in [6.45, 7) is 0.324. The van der Waals surface area contributed by atoms with Crippen molar-refractivity contribution < 1.29 is 5.11 Å². The number of pyridine rings is 1. The summed E-state index contributed by atoms with van der Waals surface area (Å²) in [7, 11) is 0. The molecule has 106 valence electrons. The number of hydrogen-bond donors (Lipinski definition) is 1. The molecule has 1 aromatic carbocycles. The second-order valence-electron chi connectivity index (χ2n) is 4.53. The minimum Gasteiger partial charge on any atom is -0.390 e. The maximum Gasteiger partial charge on any atom is 0.116 e. The Hall–Kier alpha value is -2.24. The standard InChI is InChI=1S/C15H13ClN4O/c16-13-4-2-1-3-12(13)9-20-15(14(10-21)18-19-20)11-5-7-17-8-6-11/h1-8,21H,9-10H2. The van der Waals surface area contributed by atoms with Gasteiger partial charge in [0.05, 0.1) is 18.8 Å². The first-order chi connectivity index (χ1) is 10.3. The quantitative estimate of drug-likeness (QED) is 0.804. The van der Waals surface area contributed by atoms with Gasteiger partial charge in [-0.15, -0.1) is 5.10 Å². The first-order valence-electron chi connectivity index (χ1n) is 6.46. The van der Waals surface area contributed by atoms with Crippen LogP contribution in [-0.4, -0.2) is 25.1 Å². The van der Waals surface area contributed by atoms with Gasteiger partial charge in [0.1, 0.15) is 5.69 Å². The van der Waals surface area contributed by atoms with Gasteiger partial charge in [0.15, 0.2) is 0 Å². The Labute approximate surface area is 126 Å². The van der Waals surface area contributed by atoms with Gasteiger partial charge in [0.25, 0.3) is 0 Å². The minimum atomic E-state index is -0.166. The summed E-state index contributed by atoms with van der Waals surface area (Å²) in [5, 5.41) is 18.3. The lowest BCUT2D eigenvalue weighted by molar-refractivity contribution is 0.277. The van der Waals surface area contributed by atoms with Crippen molar-refractivity contribution in [2.75, 3.05) is 0 Å². The smallest absolute Gasteiger partial charge is 0.116 e. The summed E-state index contributed by atoms with van der Waals surface area (Å²) in [5.74, 6) is 0. The minimum absolute atomic E-state index is 0.166. The summed E-state index contributed by atoms with van der Waals surface area (Å²) in [6.07, 6.45) is 3.40. The lowest BCUT2D eigenvalue weighted by Crippen LogP contribution is -2.05. The molecule has 21 heavy (non-hydrogen) atoms. The second-order valence-corrected chi connectivity index (χ2v) is 4.94. The number of aliphatic hydroxyl groups excluding tert-OH is 1. The molecule has 6 heteroatoms. The van der Waals surface area contributed by atoms with Gasteiger partial charge in [0, 0.05) is 23.0 Å². The Bertz CT molecular complexity index is 742. The van der Waals surface area contributed by atoms with E-state index in [4.69, 9.17) is 11.6 Å². The van der Waals surface area contributed by atoms with Crippen molar-refractivity contribution in [1.82, 2.24) is 20.0 Å². The van der Waals surface area contributed by atoms with Gasteiger partial charge in [0.2, 0.25) is 0 Å². The largest absolute Gasteiger partial charge is 0.390 e. The van der Waals surface area contributed by atoms with Crippen LogP contribution < -0.4 is 0 Å². The van der Waals surface area contributed by atoms with Crippen molar-refractivity contribution in [2.24, 2.45) is 0 Å². The highest BCUT2D eigenvalue weighted by Crippen LogP contribution is 2.24. The molecule has 1 N–H and O–H groups in total. The van der Waals surface area contributed by atoms with E-state index in [-0.39, 0.29) is 6.61 Å². The van der Waals surface area contributed by atoms with Crippen LogP contribution in [0.25, 0.3) is 11.3 Å². The molecule has 2 heterocycles. The monoisotopic (exact) mass is 300 g/mol. The van der Waals surface area contributed by atoms with Crippen molar-refractivity contribution in [1.29, 1.82) is 0 Å². The molecule has 3 aromatic rings. The first-order valence-corrected chi connectivity index (χ1v) is 6.84. The number of benzene rings is 1. The molecule has 0 saturated carbocycles. The van der Waals surface area contributed by atoms with Gasteiger partial charge in [-0.2, -0.15) is 0 Å². The topological polar surface area (TPSA) is 63.8 Å². The Balaban J connectivity index is 2.04. The molecule has 0 saturated heterocycles. The molecule has 2 aromatic heterocycles. The lowest BCUT2D eigenvalue weighted by Gasteiger charge is -2.09. The zero-order valence-electron chi connectivity index (χ0n) is 11.1. The first kappa shape index (κ1) is 13.7. The van der Waals surface area contributed by atoms with E-state index in [1.807, 2.05) is 36.4 Å². The molecule has 5 nitrogen and oxygen atoms in total. The van der Waals surface area contributed by atoms with Gasteiger partial charge < -0.3 is 5.11 Å². The number of aromatic nitrogens is 4. The second kappa shape index (κ2) is 6.03. The molecule has 0 aliphatic heterocycles. The van der Waals surface area contributed by atoms with E-state index < -0.39 is 0 Å². The van der Waals surface area contributed by atoms with Crippen LogP contribution in [-0.2, 0) is 13.2 Å². The summed E-state index contributed by atoms with van der Waals surface area (Å²) in [6, 6.07) is 11.3. The van der Waals surface area contributed by atoms with Crippen molar-refractivity contribution in [3.8, 4) is 11.3 Å². The molecule has 0 atom stereocenters. The van der Waals surface area contributed by atoms with Crippen LogP contribution in [0.4, 0.5) is 0 Å². The Morgan fingerprint density at radius 3 is 2.57 bits per heavy atom. The van der Waals surface area contributed by atoms with E-state index in [0.717, 1.165) is 16.8 Å². The summed E-state index contributed by atoms with van der Waals surface area (Å²) in [5.41, 5.74) is 3.17. The summed E-state index contributed by atoms with van der Waals surface area (Å²) < 4.78 is 1.74. The van der Waals surface area contributed by atoms with Crippen LogP contribution in [0.2, 0.25) is 5.02 Å². The molecular weight excluding hydrogens is 288 g/mol. The fraction of sp³-hybridized carbons (Fsp3) is 0.133. The van der Waals surface area contributed by atoms with Gasteiger partial charge in [-0.3, -0.25) is 4.98 Å². The van der Waals surface area contributed by atoms with Crippen molar-refractivity contribution in [3.05, 3.63) is 65.1 Å². The third-order valence-corrected chi connectivity index (χ3v) is 3.56. The van der Waals surface area contributed by atoms with Crippen molar-refractivity contribution in [3.63, 3.8) is 0 Å². The summed E-state index contributed by atoms with van der Waals surface area (Å²) in [4.78, 5) is 4.00. The average molecular weight is 301 g/mol.